The van der Waals surface area contributed by atoms with E-state index in [1.54, 1.807) is 32.0 Å². The second-order valence-corrected chi connectivity index (χ2v) is 7.39. The zero-order valence-corrected chi connectivity index (χ0v) is 12.9. The summed E-state index contributed by atoms with van der Waals surface area (Å²) in [6, 6.07) is 6.30. The number of hydrogen-bond donors (Lipinski definition) is 3. The van der Waals surface area contributed by atoms with Crippen LogP contribution in [0.2, 0.25) is 0 Å². The fourth-order valence-corrected chi connectivity index (χ4v) is 3.54. The highest BCUT2D eigenvalue weighted by molar-refractivity contribution is 7.89. The number of benzene rings is 1. The van der Waals surface area contributed by atoms with Crippen molar-refractivity contribution >= 4 is 21.7 Å². The summed E-state index contributed by atoms with van der Waals surface area (Å²) in [6.07, 6.45) is 1.24. The molecule has 1 aromatic carbocycles. The molecule has 0 atom stereocenters. The van der Waals surface area contributed by atoms with Gasteiger partial charge in [-0.05, 0) is 38.8 Å². The van der Waals surface area contributed by atoms with E-state index in [0.29, 0.717) is 18.5 Å². The normalized spacial score (nSPS) is 16.7. The molecule has 2 rings (SSSR count). The Balaban J connectivity index is 2.20. The molecule has 0 spiro atoms. The first kappa shape index (κ1) is 15.8. The molecule has 7 heteroatoms. The molecular formula is C14H20N2O4S. The van der Waals surface area contributed by atoms with Gasteiger partial charge in [0.05, 0.1) is 11.1 Å². The van der Waals surface area contributed by atoms with Gasteiger partial charge in [0.1, 0.15) is 4.90 Å². The number of carboxylic acids is 1. The van der Waals surface area contributed by atoms with Gasteiger partial charge in [-0.15, -0.1) is 0 Å². The lowest BCUT2D eigenvalue weighted by molar-refractivity contribution is -0.142. The van der Waals surface area contributed by atoms with Crippen LogP contribution in [-0.2, 0) is 14.8 Å². The first-order chi connectivity index (χ1) is 9.77. The summed E-state index contributed by atoms with van der Waals surface area (Å²) in [7, 11) is -3.62. The number of anilines is 1. The topological polar surface area (TPSA) is 95.5 Å². The number of sulfonamides is 1. The van der Waals surface area contributed by atoms with Gasteiger partial charge in [0.25, 0.3) is 0 Å². The minimum absolute atomic E-state index is 0.139. The molecule has 1 saturated carbocycles. The van der Waals surface area contributed by atoms with Gasteiger partial charge in [-0.1, -0.05) is 12.1 Å². The zero-order valence-electron chi connectivity index (χ0n) is 12.1. The number of aliphatic carboxylic acids is 1. The van der Waals surface area contributed by atoms with Gasteiger partial charge >= 0.3 is 5.97 Å². The first-order valence-electron chi connectivity index (χ1n) is 6.85. The van der Waals surface area contributed by atoms with E-state index in [1.807, 2.05) is 0 Å². The summed E-state index contributed by atoms with van der Waals surface area (Å²) in [4.78, 5) is 11.3. The standard InChI is InChI=1S/C14H20N2O4S/c1-10(2)16-21(19,20)12-6-4-3-5-11(12)15-9-14(7-8-14)13(17)18/h3-6,10,15-16H,7-9H2,1-2H3,(H,17,18). The predicted molar refractivity (Wildman–Crippen MR) is 79.7 cm³/mol. The van der Waals surface area contributed by atoms with E-state index in [1.165, 1.54) is 6.07 Å². The highest BCUT2D eigenvalue weighted by Gasteiger charge is 2.50. The van der Waals surface area contributed by atoms with Crippen molar-refractivity contribution in [3.8, 4) is 0 Å². The van der Waals surface area contributed by atoms with E-state index in [2.05, 4.69) is 10.0 Å². The largest absolute Gasteiger partial charge is 0.481 e. The summed E-state index contributed by atoms with van der Waals surface area (Å²) in [5.41, 5.74) is -0.319. The van der Waals surface area contributed by atoms with Gasteiger partial charge in [-0.25, -0.2) is 13.1 Å². The molecule has 0 aliphatic heterocycles. The van der Waals surface area contributed by atoms with Crippen molar-refractivity contribution in [2.45, 2.75) is 37.6 Å². The van der Waals surface area contributed by atoms with Gasteiger partial charge in [0, 0.05) is 12.6 Å². The minimum Gasteiger partial charge on any atom is -0.481 e. The molecule has 1 aliphatic rings. The van der Waals surface area contributed by atoms with Gasteiger partial charge in [-0.2, -0.15) is 0 Å². The first-order valence-corrected chi connectivity index (χ1v) is 8.34. The SMILES string of the molecule is CC(C)NS(=O)(=O)c1ccccc1NCC1(C(=O)O)CC1. The molecule has 0 bridgehead atoms. The number of nitrogens with one attached hydrogen (secondary N) is 2. The van der Waals surface area contributed by atoms with Crippen LogP contribution in [0.5, 0.6) is 0 Å². The maximum absolute atomic E-state index is 12.3. The summed E-state index contributed by atoms with van der Waals surface area (Å²) in [6.45, 7) is 3.73. The average molecular weight is 312 g/mol. The highest BCUT2D eigenvalue weighted by atomic mass is 32.2. The molecule has 0 amide bonds. The Bertz CT molecular complexity index is 636. The smallest absolute Gasteiger partial charge is 0.311 e. The average Bonchev–Trinajstić information content (AvgIpc) is 3.16. The Morgan fingerprint density at radius 3 is 2.48 bits per heavy atom. The van der Waals surface area contributed by atoms with Crippen molar-refractivity contribution in [2.75, 3.05) is 11.9 Å². The third-order valence-electron chi connectivity index (χ3n) is 3.49. The van der Waals surface area contributed by atoms with Crippen LogP contribution in [0.3, 0.4) is 0 Å². The monoisotopic (exact) mass is 312 g/mol. The van der Waals surface area contributed by atoms with Gasteiger partial charge in [-0.3, -0.25) is 4.79 Å². The van der Waals surface area contributed by atoms with Gasteiger partial charge < -0.3 is 10.4 Å². The maximum Gasteiger partial charge on any atom is 0.311 e. The Kier molecular flexibility index (Phi) is 4.25. The number of rotatable bonds is 7. The van der Waals surface area contributed by atoms with Crippen molar-refractivity contribution in [1.29, 1.82) is 0 Å². The van der Waals surface area contributed by atoms with E-state index in [9.17, 15) is 13.2 Å². The quantitative estimate of drug-likeness (QED) is 0.711. The van der Waals surface area contributed by atoms with E-state index in [-0.39, 0.29) is 17.5 Å². The fraction of sp³-hybridized carbons (Fsp3) is 0.500. The molecule has 21 heavy (non-hydrogen) atoms. The Morgan fingerprint density at radius 1 is 1.33 bits per heavy atom. The summed E-state index contributed by atoms with van der Waals surface area (Å²) in [5, 5.41) is 12.1. The Hall–Kier alpha value is -1.60. The number of carboxylic acid groups (broad SMARTS) is 1. The Morgan fingerprint density at radius 2 is 1.95 bits per heavy atom. The van der Waals surface area contributed by atoms with Gasteiger partial charge in [0.2, 0.25) is 10.0 Å². The molecule has 0 radical (unpaired) electrons. The van der Waals surface area contributed by atoms with E-state index in [4.69, 9.17) is 5.11 Å². The van der Waals surface area contributed by atoms with Crippen LogP contribution in [0, 0.1) is 5.41 Å². The van der Waals surface area contributed by atoms with Crippen LogP contribution in [0.15, 0.2) is 29.2 Å². The van der Waals surface area contributed by atoms with Crippen LogP contribution < -0.4 is 10.0 Å². The molecule has 1 fully saturated rings. The molecule has 1 aliphatic carbocycles. The molecule has 1 aromatic rings. The van der Waals surface area contributed by atoms with Crippen molar-refractivity contribution in [2.24, 2.45) is 5.41 Å². The van der Waals surface area contributed by atoms with E-state index >= 15 is 0 Å². The van der Waals surface area contributed by atoms with Crippen LogP contribution >= 0.6 is 0 Å². The van der Waals surface area contributed by atoms with Crippen molar-refractivity contribution in [1.82, 2.24) is 4.72 Å². The molecule has 0 saturated heterocycles. The van der Waals surface area contributed by atoms with Crippen molar-refractivity contribution in [3.63, 3.8) is 0 Å². The maximum atomic E-state index is 12.3. The van der Waals surface area contributed by atoms with Crippen LogP contribution in [0.4, 0.5) is 5.69 Å². The predicted octanol–water partition coefficient (Wildman–Crippen LogP) is 1.65. The second kappa shape index (κ2) is 5.65. The van der Waals surface area contributed by atoms with Crippen LogP contribution in [0.1, 0.15) is 26.7 Å². The number of carbonyl (C=O) groups is 1. The summed E-state index contributed by atoms with van der Waals surface area (Å²) >= 11 is 0. The summed E-state index contributed by atoms with van der Waals surface area (Å²) < 4.78 is 27.1. The lowest BCUT2D eigenvalue weighted by atomic mass is 10.1. The van der Waals surface area contributed by atoms with Crippen LogP contribution in [0.25, 0.3) is 0 Å². The van der Waals surface area contributed by atoms with Crippen molar-refractivity contribution < 1.29 is 18.3 Å². The Labute approximate surface area is 124 Å². The van der Waals surface area contributed by atoms with Crippen molar-refractivity contribution in [3.05, 3.63) is 24.3 Å². The molecule has 0 aromatic heterocycles. The third-order valence-corrected chi connectivity index (χ3v) is 5.21. The third kappa shape index (κ3) is 3.54. The molecule has 116 valence electrons. The second-order valence-electron chi connectivity index (χ2n) is 5.71. The molecule has 0 unspecified atom stereocenters. The lowest BCUT2D eigenvalue weighted by Gasteiger charge is -2.17. The zero-order chi connectivity index (χ0) is 15.7. The van der Waals surface area contributed by atoms with E-state index in [0.717, 1.165) is 0 Å². The minimum atomic E-state index is -3.62. The molecule has 0 heterocycles. The van der Waals surface area contributed by atoms with E-state index < -0.39 is 21.4 Å². The fourth-order valence-electron chi connectivity index (χ4n) is 2.10. The lowest BCUT2D eigenvalue weighted by Crippen LogP contribution is -2.31. The summed E-state index contributed by atoms with van der Waals surface area (Å²) in [5.74, 6) is -0.837. The molecule has 3 N–H and O–H groups in total. The molecular weight excluding hydrogens is 292 g/mol. The highest BCUT2D eigenvalue weighted by Crippen LogP contribution is 2.46. The van der Waals surface area contributed by atoms with Gasteiger partial charge in [0.15, 0.2) is 0 Å². The molecule has 6 nitrogen and oxygen atoms in total. The van der Waals surface area contributed by atoms with Crippen LogP contribution in [-0.4, -0.2) is 32.1 Å². The number of para-hydroxylation sites is 1. The number of hydrogen-bond acceptors (Lipinski definition) is 4.